The molecule has 3 N–H and O–H groups in total. The van der Waals surface area contributed by atoms with Gasteiger partial charge in [-0.15, -0.1) is 0 Å². The van der Waals surface area contributed by atoms with Gasteiger partial charge in [0.05, 0.1) is 0 Å². The molecule has 1 aliphatic heterocycles. The van der Waals surface area contributed by atoms with Crippen molar-refractivity contribution < 1.29 is 4.79 Å². The summed E-state index contributed by atoms with van der Waals surface area (Å²) in [5.74, 6) is 0.786. The number of nitrogens with zero attached hydrogens (tertiary/aromatic N) is 1. The first-order chi connectivity index (χ1) is 9.63. The van der Waals surface area contributed by atoms with Gasteiger partial charge >= 0.3 is 0 Å². The Morgan fingerprint density at radius 2 is 2.15 bits per heavy atom. The highest BCUT2D eigenvalue weighted by molar-refractivity contribution is 5.76. The molecule has 1 aromatic carbocycles. The van der Waals surface area contributed by atoms with Crippen LogP contribution in [0.5, 0.6) is 0 Å². The van der Waals surface area contributed by atoms with Gasteiger partial charge in [-0.25, -0.2) is 0 Å². The number of likely N-dealkylation sites (tertiary alicyclic amines) is 1. The summed E-state index contributed by atoms with van der Waals surface area (Å²) in [5.41, 5.74) is 7.61. The van der Waals surface area contributed by atoms with E-state index >= 15 is 0 Å². The Hall–Kier alpha value is -1.55. The fourth-order valence-electron chi connectivity index (χ4n) is 2.62. The molecule has 1 aromatic rings. The predicted octanol–water partition coefficient (Wildman–Crippen LogP) is 1.66. The maximum atomic E-state index is 11.9. The minimum atomic E-state index is 0.145. The normalized spacial score (nSPS) is 17.1. The highest BCUT2D eigenvalue weighted by Gasteiger charge is 2.16. The second-order valence-electron chi connectivity index (χ2n) is 5.80. The van der Waals surface area contributed by atoms with E-state index in [1.54, 1.807) is 0 Å². The van der Waals surface area contributed by atoms with Crippen LogP contribution in [0.25, 0.3) is 0 Å². The molecular weight excluding hydrogens is 250 g/mol. The Morgan fingerprint density at radius 3 is 2.85 bits per heavy atom. The minimum Gasteiger partial charge on any atom is -0.399 e. The zero-order valence-electron chi connectivity index (χ0n) is 12.3. The molecule has 0 aliphatic carbocycles. The lowest BCUT2D eigenvalue weighted by Crippen LogP contribution is -2.36. The van der Waals surface area contributed by atoms with Gasteiger partial charge in [-0.1, -0.05) is 12.1 Å². The van der Waals surface area contributed by atoms with Crippen LogP contribution < -0.4 is 11.1 Å². The van der Waals surface area contributed by atoms with Crippen molar-refractivity contribution in [3.05, 3.63) is 29.8 Å². The number of nitrogen functional groups attached to an aromatic ring is 1. The number of anilines is 1. The quantitative estimate of drug-likeness (QED) is 0.804. The van der Waals surface area contributed by atoms with E-state index in [1.165, 1.54) is 12.8 Å². The molecule has 0 spiro atoms. The first-order valence-electron chi connectivity index (χ1n) is 7.43. The number of rotatable bonds is 5. The van der Waals surface area contributed by atoms with Crippen LogP contribution in [0.4, 0.5) is 5.69 Å². The number of carbonyl (C=O) groups is 1. The second kappa shape index (κ2) is 7.29. The summed E-state index contributed by atoms with van der Waals surface area (Å²) in [4.78, 5) is 14.2. The number of hydrogen-bond acceptors (Lipinski definition) is 3. The SMILES string of the molecule is CN1CCC(CNC(=O)CCc2cccc(N)c2)CC1. The molecule has 20 heavy (non-hydrogen) atoms. The summed E-state index contributed by atoms with van der Waals surface area (Å²) < 4.78 is 0. The number of piperidine rings is 1. The number of hydrogen-bond donors (Lipinski definition) is 2. The molecule has 0 unspecified atom stereocenters. The van der Waals surface area contributed by atoms with Gasteiger partial charge in [-0.05, 0) is 63.0 Å². The van der Waals surface area contributed by atoms with Crippen LogP contribution in [0.2, 0.25) is 0 Å². The molecule has 0 aromatic heterocycles. The smallest absolute Gasteiger partial charge is 0.220 e. The Kier molecular flexibility index (Phi) is 5.41. The van der Waals surface area contributed by atoms with E-state index in [0.29, 0.717) is 12.3 Å². The number of benzene rings is 1. The monoisotopic (exact) mass is 275 g/mol. The third-order valence-corrected chi connectivity index (χ3v) is 4.02. The topological polar surface area (TPSA) is 58.4 Å². The molecule has 110 valence electrons. The minimum absolute atomic E-state index is 0.145. The average Bonchev–Trinajstić information content (AvgIpc) is 2.45. The Labute approximate surface area is 121 Å². The number of nitrogens with one attached hydrogen (secondary N) is 1. The molecule has 1 saturated heterocycles. The third kappa shape index (κ3) is 4.85. The van der Waals surface area contributed by atoms with Gasteiger partial charge in [0.1, 0.15) is 0 Å². The van der Waals surface area contributed by atoms with Crippen LogP contribution in [-0.2, 0) is 11.2 Å². The zero-order chi connectivity index (χ0) is 14.4. The zero-order valence-corrected chi connectivity index (χ0v) is 12.3. The van der Waals surface area contributed by atoms with Gasteiger partial charge in [0.25, 0.3) is 0 Å². The molecule has 2 rings (SSSR count). The van der Waals surface area contributed by atoms with Gasteiger partial charge in [-0.2, -0.15) is 0 Å². The summed E-state index contributed by atoms with van der Waals surface area (Å²) in [7, 11) is 2.15. The molecule has 4 nitrogen and oxygen atoms in total. The van der Waals surface area contributed by atoms with E-state index in [-0.39, 0.29) is 5.91 Å². The van der Waals surface area contributed by atoms with Crippen LogP contribution in [-0.4, -0.2) is 37.5 Å². The van der Waals surface area contributed by atoms with Crippen molar-refractivity contribution in [2.45, 2.75) is 25.7 Å². The molecule has 0 bridgehead atoms. The molecule has 1 amide bonds. The number of aryl methyl sites for hydroxylation is 1. The van der Waals surface area contributed by atoms with Crippen molar-refractivity contribution in [2.24, 2.45) is 5.92 Å². The summed E-state index contributed by atoms with van der Waals surface area (Å²) in [6.07, 6.45) is 3.67. The first kappa shape index (κ1) is 14.9. The van der Waals surface area contributed by atoms with E-state index in [0.717, 1.165) is 37.3 Å². The summed E-state index contributed by atoms with van der Waals surface area (Å²) in [5, 5.41) is 3.06. The van der Waals surface area contributed by atoms with Crippen LogP contribution in [0, 0.1) is 5.92 Å². The summed E-state index contributed by atoms with van der Waals surface area (Å²) >= 11 is 0. The lowest BCUT2D eigenvalue weighted by atomic mass is 9.97. The van der Waals surface area contributed by atoms with Crippen LogP contribution in [0.1, 0.15) is 24.8 Å². The third-order valence-electron chi connectivity index (χ3n) is 4.02. The van der Waals surface area contributed by atoms with E-state index < -0.39 is 0 Å². The van der Waals surface area contributed by atoms with Gasteiger partial charge in [0.2, 0.25) is 5.91 Å². The lowest BCUT2D eigenvalue weighted by molar-refractivity contribution is -0.121. The maximum absolute atomic E-state index is 11.9. The first-order valence-corrected chi connectivity index (χ1v) is 7.43. The van der Waals surface area contributed by atoms with Crippen molar-refractivity contribution in [1.82, 2.24) is 10.2 Å². The van der Waals surface area contributed by atoms with Gasteiger partial charge in [0.15, 0.2) is 0 Å². The Balaban J connectivity index is 1.65. The highest BCUT2D eigenvalue weighted by atomic mass is 16.1. The van der Waals surface area contributed by atoms with Crippen LogP contribution in [0.15, 0.2) is 24.3 Å². The average molecular weight is 275 g/mol. The van der Waals surface area contributed by atoms with Gasteiger partial charge in [-0.3, -0.25) is 4.79 Å². The van der Waals surface area contributed by atoms with E-state index in [2.05, 4.69) is 17.3 Å². The van der Waals surface area contributed by atoms with Gasteiger partial charge in [0, 0.05) is 18.7 Å². The standard InChI is InChI=1S/C16H25N3O/c1-19-9-7-14(8-10-19)12-18-16(20)6-5-13-3-2-4-15(17)11-13/h2-4,11,14H,5-10,12,17H2,1H3,(H,18,20). The molecule has 0 saturated carbocycles. The fourth-order valence-corrected chi connectivity index (χ4v) is 2.62. The fraction of sp³-hybridized carbons (Fsp3) is 0.562. The lowest BCUT2D eigenvalue weighted by Gasteiger charge is -2.28. The van der Waals surface area contributed by atoms with E-state index in [1.807, 2.05) is 24.3 Å². The molecular formula is C16H25N3O. The molecule has 0 radical (unpaired) electrons. The van der Waals surface area contributed by atoms with E-state index in [4.69, 9.17) is 5.73 Å². The summed E-state index contributed by atoms with van der Waals surface area (Å²) in [6.45, 7) is 3.11. The van der Waals surface area contributed by atoms with Crippen LogP contribution >= 0.6 is 0 Å². The molecule has 4 heteroatoms. The van der Waals surface area contributed by atoms with Crippen molar-refractivity contribution >= 4 is 11.6 Å². The van der Waals surface area contributed by atoms with Crippen molar-refractivity contribution in [2.75, 3.05) is 32.4 Å². The molecule has 1 heterocycles. The predicted molar refractivity (Wildman–Crippen MR) is 82.4 cm³/mol. The Bertz CT molecular complexity index is 439. The maximum Gasteiger partial charge on any atom is 0.220 e. The number of carbonyl (C=O) groups excluding carboxylic acids is 1. The molecule has 1 fully saturated rings. The number of nitrogens with two attached hydrogens (primary N) is 1. The molecule has 1 aliphatic rings. The van der Waals surface area contributed by atoms with Crippen molar-refractivity contribution in [3.63, 3.8) is 0 Å². The second-order valence-corrected chi connectivity index (χ2v) is 5.80. The Morgan fingerprint density at radius 1 is 1.40 bits per heavy atom. The van der Waals surface area contributed by atoms with Crippen molar-refractivity contribution in [1.29, 1.82) is 0 Å². The highest BCUT2D eigenvalue weighted by Crippen LogP contribution is 2.15. The van der Waals surface area contributed by atoms with Crippen LogP contribution in [0.3, 0.4) is 0 Å². The van der Waals surface area contributed by atoms with Crippen molar-refractivity contribution in [3.8, 4) is 0 Å². The number of amides is 1. The largest absolute Gasteiger partial charge is 0.399 e. The van der Waals surface area contributed by atoms with Gasteiger partial charge < -0.3 is 16.0 Å². The van der Waals surface area contributed by atoms with E-state index in [9.17, 15) is 4.79 Å². The summed E-state index contributed by atoms with van der Waals surface area (Å²) in [6, 6.07) is 7.75. The molecule has 0 atom stereocenters.